The van der Waals surface area contributed by atoms with Crippen molar-refractivity contribution < 1.29 is 9.90 Å². The van der Waals surface area contributed by atoms with E-state index < -0.39 is 22.9 Å². The normalized spacial score (nSPS) is 16.5. The van der Waals surface area contributed by atoms with E-state index in [9.17, 15) is 14.7 Å². The Morgan fingerprint density at radius 1 is 1.23 bits per heavy atom. The molecule has 2 aliphatic heterocycles. The van der Waals surface area contributed by atoms with Gasteiger partial charge in [0.25, 0.3) is 11.5 Å². The van der Waals surface area contributed by atoms with Crippen LogP contribution in [0.2, 0.25) is 5.02 Å². The summed E-state index contributed by atoms with van der Waals surface area (Å²) in [5, 5.41) is 13.7. The Hall–Kier alpha value is -3.35. The molecule has 1 fully saturated rings. The molecule has 2 aromatic heterocycles. The lowest BCUT2D eigenvalue weighted by molar-refractivity contribution is 0.102. The summed E-state index contributed by atoms with van der Waals surface area (Å²) in [7, 11) is 0. The van der Waals surface area contributed by atoms with Crippen LogP contribution in [-0.2, 0) is 13.0 Å². The van der Waals surface area contributed by atoms with Crippen molar-refractivity contribution in [3.63, 3.8) is 0 Å². The van der Waals surface area contributed by atoms with Crippen molar-refractivity contribution >= 4 is 46.6 Å². The zero-order chi connectivity index (χ0) is 27.7. The highest BCUT2D eigenvalue weighted by Crippen LogP contribution is 2.39. The first-order valence-electron chi connectivity index (χ1n) is 12.9. The maximum absolute atomic E-state index is 13.0. The highest BCUT2D eigenvalue weighted by molar-refractivity contribution is 7.99. The SMILES string of the molecule is CC1(CN)CCN(c2cnc(Sc3cccc(NC(=O)c4c(O)nc5n(c4=O)CCCC5)c3Cl)c(N)n2)CC1. The van der Waals surface area contributed by atoms with Gasteiger partial charge in [-0.05, 0) is 49.8 Å². The molecule has 0 unspecified atom stereocenters. The molecule has 0 bridgehead atoms. The van der Waals surface area contributed by atoms with E-state index in [4.69, 9.17) is 23.1 Å². The molecule has 13 heteroatoms. The van der Waals surface area contributed by atoms with Gasteiger partial charge in [0.15, 0.2) is 11.4 Å². The maximum atomic E-state index is 13.0. The fourth-order valence-electron chi connectivity index (χ4n) is 4.83. The van der Waals surface area contributed by atoms with Crippen LogP contribution in [0.4, 0.5) is 17.3 Å². The predicted molar refractivity (Wildman–Crippen MR) is 152 cm³/mol. The van der Waals surface area contributed by atoms with Crippen LogP contribution in [0.3, 0.4) is 0 Å². The summed E-state index contributed by atoms with van der Waals surface area (Å²) in [4.78, 5) is 41.8. The molecule has 0 saturated carbocycles. The second-order valence-electron chi connectivity index (χ2n) is 10.2. The third-order valence-corrected chi connectivity index (χ3v) is 9.03. The van der Waals surface area contributed by atoms with Crippen LogP contribution in [0.1, 0.15) is 48.8 Å². The summed E-state index contributed by atoms with van der Waals surface area (Å²) in [6.07, 6.45) is 5.91. The molecule has 4 heterocycles. The first-order chi connectivity index (χ1) is 18.7. The lowest BCUT2D eigenvalue weighted by Crippen LogP contribution is -2.42. The summed E-state index contributed by atoms with van der Waals surface area (Å²) >= 11 is 7.84. The van der Waals surface area contributed by atoms with E-state index in [-0.39, 0.29) is 21.9 Å². The lowest BCUT2D eigenvalue weighted by atomic mass is 9.80. The number of nitrogens with zero attached hydrogens (tertiary/aromatic N) is 5. The van der Waals surface area contributed by atoms with Crippen LogP contribution in [0.5, 0.6) is 5.88 Å². The van der Waals surface area contributed by atoms with Crippen LogP contribution in [0.15, 0.2) is 39.1 Å². The van der Waals surface area contributed by atoms with Crippen molar-refractivity contribution in [3.05, 3.63) is 51.2 Å². The number of hydrogen-bond donors (Lipinski definition) is 4. The largest absolute Gasteiger partial charge is 0.493 e. The number of aryl methyl sites for hydroxylation is 1. The van der Waals surface area contributed by atoms with Crippen molar-refractivity contribution in [1.82, 2.24) is 19.5 Å². The van der Waals surface area contributed by atoms with Gasteiger partial charge in [-0.15, -0.1) is 0 Å². The molecule has 1 saturated heterocycles. The number of halogens is 1. The molecule has 0 aliphatic carbocycles. The topological polar surface area (TPSA) is 165 Å². The molecule has 206 valence electrons. The average Bonchev–Trinajstić information content (AvgIpc) is 2.92. The fourth-order valence-corrected chi connectivity index (χ4v) is 5.93. The van der Waals surface area contributed by atoms with Crippen molar-refractivity contribution in [2.24, 2.45) is 11.1 Å². The number of nitrogens with one attached hydrogen (secondary N) is 1. The van der Waals surface area contributed by atoms with E-state index in [0.29, 0.717) is 41.1 Å². The van der Waals surface area contributed by atoms with Crippen molar-refractivity contribution in [1.29, 1.82) is 0 Å². The number of carbonyl (C=O) groups excluding carboxylic acids is 1. The summed E-state index contributed by atoms with van der Waals surface area (Å²) < 4.78 is 1.44. The minimum atomic E-state index is -0.786. The number of carbonyl (C=O) groups is 1. The standard InChI is InChI=1S/C26H31ClN8O3S/c1-26(14-28)8-11-34(12-9-26)18-13-30-24(21(29)32-18)39-16-6-4-5-15(20(16)27)31-22(36)19-23(37)33-17-7-2-3-10-35(17)25(19)38/h4-6,13,37H,2-3,7-12,14,28H2,1H3,(H2,29,32)(H,31,36). The highest BCUT2D eigenvalue weighted by Gasteiger charge is 2.30. The maximum Gasteiger partial charge on any atom is 0.270 e. The zero-order valence-electron chi connectivity index (χ0n) is 21.6. The van der Waals surface area contributed by atoms with Gasteiger partial charge in [0.2, 0.25) is 5.88 Å². The molecule has 0 spiro atoms. The number of aromatic hydroxyl groups is 1. The number of aromatic nitrogens is 4. The van der Waals surface area contributed by atoms with E-state index in [1.807, 2.05) is 0 Å². The molecule has 2 aliphatic rings. The Morgan fingerprint density at radius 3 is 2.72 bits per heavy atom. The summed E-state index contributed by atoms with van der Waals surface area (Å²) in [6.45, 7) is 4.99. The van der Waals surface area contributed by atoms with Gasteiger partial charge in [-0.25, -0.2) is 9.97 Å². The molecular weight excluding hydrogens is 540 g/mol. The van der Waals surface area contributed by atoms with Crippen molar-refractivity contribution in [2.45, 2.75) is 55.5 Å². The van der Waals surface area contributed by atoms with Crippen LogP contribution in [0, 0.1) is 5.41 Å². The van der Waals surface area contributed by atoms with Gasteiger partial charge >= 0.3 is 0 Å². The quantitative estimate of drug-likeness (QED) is 0.345. The molecule has 0 atom stereocenters. The summed E-state index contributed by atoms with van der Waals surface area (Å²) in [5.41, 5.74) is 11.6. The smallest absolute Gasteiger partial charge is 0.270 e. The number of benzene rings is 1. The zero-order valence-corrected chi connectivity index (χ0v) is 23.2. The van der Waals surface area contributed by atoms with Crippen molar-refractivity contribution in [3.8, 4) is 5.88 Å². The van der Waals surface area contributed by atoms with Crippen LogP contribution < -0.4 is 27.2 Å². The van der Waals surface area contributed by atoms with Gasteiger partial charge < -0.3 is 26.8 Å². The van der Waals surface area contributed by atoms with Gasteiger partial charge in [0, 0.05) is 31.0 Å². The molecule has 39 heavy (non-hydrogen) atoms. The lowest BCUT2D eigenvalue weighted by Gasteiger charge is -2.39. The number of rotatable bonds is 6. The first-order valence-corrected chi connectivity index (χ1v) is 14.1. The Kier molecular flexibility index (Phi) is 7.70. The van der Waals surface area contributed by atoms with E-state index >= 15 is 0 Å². The Balaban J connectivity index is 1.32. The minimum Gasteiger partial charge on any atom is -0.493 e. The van der Waals surface area contributed by atoms with Crippen molar-refractivity contribution in [2.75, 3.05) is 35.6 Å². The number of hydrogen-bond acceptors (Lipinski definition) is 10. The third-order valence-electron chi connectivity index (χ3n) is 7.45. The average molecular weight is 571 g/mol. The second-order valence-corrected chi connectivity index (χ2v) is 11.6. The Labute approximate surface area is 235 Å². The molecule has 1 aromatic carbocycles. The molecule has 5 rings (SSSR count). The third kappa shape index (κ3) is 5.54. The Morgan fingerprint density at radius 2 is 2.00 bits per heavy atom. The monoisotopic (exact) mass is 570 g/mol. The second kappa shape index (κ2) is 11.0. The van der Waals surface area contributed by atoms with E-state index in [0.717, 1.165) is 38.8 Å². The van der Waals surface area contributed by atoms with Crippen LogP contribution in [-0.4, -0.2) is 50.2 Å². The van der Waals surface area contributed by atoms with Gasteiger partial charge in [-0.2, -0.15) is 4.98 Å². The molecule has 6 N–H and O–H groups in total. The van der Waals surface area contributed by atoms with Gasteiger partial charge in [0.05, 0.1) is 16.9 Å². The highest BCUT2D eigenvalue weighted by atomic mass is 35.5. The molecular formula is C26H31ClN8O3S. The number of nitrogen functional groups attached to an aromatic ring is 1. The minimum absolute atomic E-state index is 0.145. The van der Waals surface area contributed by atoms with Gasteiger partial charge in [0.1, 0.15) is 16.7 Å². The molecule has 0 radical (unpaired) electrons. The van der Waals surface area contributed by atoms with Crippen LogP contribution in [0.25, 0.3) is 0 Å². The molecule has 11 nitrogen and oxygen atoms in total. The van der Waals surface area contributed by atoms with Crippen LogP contribution >= 0.6 is 23.4 Å². The summed E-state index contributed by atoms with van der Waals surface area (Å²) in [5.74, 6) is 0.0967. The fraction of sp³-hybridized carbons (Fsp3) is 0.423. The van der Waals surface area contributed by atoms with E-state index in [2.05, 4.69) is 32.1 Å². The number of fused-ring (bicyclic) bond motifs is 1. The van der Waals surface area contributed by atoms with E-state index in [1.54, 1.807) is 24.4 Å². The number of anilines is 3. The number of nitrogens with two attached hydrogens (primary N) is 2. The Bertz CT molecular complexity index is 1470. The van der Waals surface area contributed by atoms with Gasteiger partial charge in [-0.3, -0.25) is 14.2 Å². The molecule has 1 amide bonds. The predicted octanol–water partition coefficient (Wildman–Crippen LogP) is 3.28. The van der Waals surface area contributed by atoms with Gasteiger partial charge in [-0.1, -0.05) is 36.4 Å². The number of piperidine rings is 1. The van der Waals surface area contributed by atoms with E-state index in [1.165, 1.54) is 16.3 Å². The number of amides is 1. The first kappa shape index (κ1) is 27.2. The molecule has 3 aromatic rings. The summed E-state index contributed by atoms with van der Waals surface area (Å²) in [6, 6.07) is 5.08.